The summed E-state index contributed by atoms with van der Waals surface area (Å²) < 4.78 is 30.9. The van der Waals surface area contributed by atoms with Crippen LogP contribution in [0.3, 0.4) is 0 Å². The van der Waals surface area contributed by atoms with Gasteiger partial charge < -0.3 is 10.1 Å². The lowest BCUT2D eigenvalue weighted by Crippen LogP contribution is -2.70. The number of ether oxygens (including phenoxy) is 1. The average molecular weight is 427 g/mol. The normalized spacial score (nSPS) is 32.4. The SMILES string of the molecule is CC(C)(C)OC(=O)/N=C1/N[C@@]2(Cc3cnc(Cl)nc32)CS(=O)(=O)[C@@]1(C)C1CC1. The topological polar surface area (TPSA) is 111 Å². The summed E-state index contributed by atoms with van der Waals surface area (Å²) in [5, 5.41) is 3.31. The highest BCUT2D eigenvalue weighted by molar-refractivity contribution is 7.93. The first-order valence-electron chi connectivity index (χ1n) is 9.21. The van der Waals surface area contributed by atoms with Crippen LogP contribution in [0.15, 0.2) is 11.2 Å². The molecule has 2 aliphatic carbocycles. The van der Waals surface area contributed by atoms with E-state index in [2.05, 4.69) is 20.3 Å². The molecule has 0 aromatic carbocycles. The van der Waals surface area contributed by atoms with Gasteiger partial charge >= 0.3 is 6.09 Å². The third-order valence-corrected chi connectivity index (χ3v) is 8.52. The number of amides is 1. The molecule has 2 heterocycles. The fourth-order valence-electron chi connectivity index (χ4n) is 4.06. The van der Waals surface area contributed by atoms with E-state index in [-0.39, 0.29) is 22.8 Å². The Hall–Kier alpha value is -1.74. The van der Waals surface area contributed by atoms with E-state index in [4.69, 9.17) is 16.3 Å². The monoisotopic (exact) mass is 426 g/mol. The lowest BCUT2D eigenvalue weighted by Gasteiger charge is -2.51. The maximum atomic E-state index is 13.4. The molecule has 2 atom stereocenters. The molecule has 1 spiro atoms. The first kappa shape index (κ1) is 19.6. The van der Waals surface area contributed by atoms with Crippen molar-refractivity contribution in [1.82, 2.24) is 15.3 Å². The summed E-state index contributed by atoms with van der Waals surface area (Å²) in [7, 11) is -3.63. The highest BCUT2D eigenvalue weighted by Gasteiger charge is 2.64. The first-order chi connectivity index (χ1) is 12.9. The second-order valence-corrected chi connectivity index (χ2v) is 11.7. The molecule has 28 heavy (non-hydrogen) atoms. The summed E-state index contributed by atoms with van der Waals surface area (Å²) in [5.41, 5.74) is -0.299. The quantitative estimate of drug-likeness (QED) is 0.686. The van der Waals surface area contributed by atoms with Crippen LogP contribution in [0.25, 0.3) is 0 Å². The van der Waals surface area contributed by atoms with Crippen LogP contribution in [0.1, 0.15) is 51.8 Å². The summed E-state index contributed by atoms with van der Waals surface area (Å²) in [4.78, 5) is 24.7. The number of aromatic nitrogens is 2. The van der Waals surface area contributed by atoms with Crippen LogP contribution in [-0.4, -0.2) is 46.4 Å². The molecule has 3 aliphatic rings. The van der Waals surface area contributed by atoms with Crippen LogP contribution < -0.4 is 5.32 Å². The number of carbonyl (C=O) groups excluding carboxylic acids is 1. The Balaban J connectivity index is 1.78. The van der Waals surface area contributed by atoms with E-state index in [1.807, 2.05) is 0 Å². The molecular formula is C18H23ClN4O4S. The third kappa shape index (κ3) is 2.99. The van der Waals surface area contributed by atoms with Crippen LogP contribution in [0.4, 0.5) is 4.79 Å². The molecule has 2 fully saturated rings. The number of amidine groups is 1. The van der Waals surface area contributed by atoms with E-state index in [1.54, 1.807) is 33.9 Å². The van der Waals surface area contributed by atoms with Crippen molar-refractivity contribution in [3.05, 3.63) is 22.7 Å². The zero-order chi connectivity index (χ0) is 20.5. The van der Waals surface area contributed by atoms with Crippen molar-refractivity contribution in [2.45, 2.75) is 62.8 Å². The Bertz CT molecular complexity index is 999. The van der Waals surface area contributed by atoms with Crippen LogP contribution in [0.5, 0.6) is 0 Å². The highest BCUT2D eigenvalue weighted by Crippen LogP contribution is 2.51. The second kappa shape index (κ2) is 5.89. The number of hydrogen-bond acceptors (Lipinski definition) is 6. The smallest absolute Gasteiger partial charge is 0.435 e. The summed E-state index contributed by atoms with van der Waals surface area (Å²) in [5.74, 6) is -0.0614. The maximum Gasteiger partial charge on any atom is 0.435 e. The van der Waals surface area contributed by atoms with E-state index in [9.17, 15) is 13.2 Å². The minimum absolute atomic E-state index is 0.0539. The molecule has 1 saturated carbocycles. The Morgan fingerprint density at radius 2 is 2.07 bits per heavy atom. The number of nitrogens with zero attached hydrogens (tertiary/aromatic N) is 3. The lowest BCUT2D eigenvalue weighted by molar-refractivity contribution is 0.0602. The molecule has 0 bridgehead atoms. The number of rotatable bonds is 1. The maximum absolute atomic E-state index is 13.4. The molecular weight excluding hydrogens is 404 g/mol. The van der Waals surface area contributed by atoms with E-state index in [0.717, 1.165) is 18.4 Å². The van der Waals surface area contributed by atoms with Crippen LogP contribution in [0.2, 0.25) is 5.28 Å². The van der Waals surface area contributed by atoms with Crippen molar-refractivity contribution in [2.24, 2.45) is 10.9 Å². The Kier molecular flexibility index (Phi) is 4.11. The summed E-state index contributed by atoms with van der Waals surface area (Å²) in [6.07, 6.45) is 2.77. The zero-order valence-corrected chi connectivity index (χ0v) is 17.8. The lowest BCUT2D eigenvalue weighted by atomic mass is 9.75. The molecule has 0 unspecified atom stereocenters. The summed E-state index contributed by atoms with van der Waals surface area (Å²) >= 11 is 5.93. The van der Waals surface area contributed by atoms with Crippen molar-refractivity contribution < 1.29 is 17.9 Å². The zero-order valence-electron chi connectivity index (χ0n) is 16.2. The molecule has 1 aromatic rings. The van der Waals surface area contributed by atoms with E-state index >= 15 is 0 Å². The summed E-state index contributed by atoms with van der Waals surface area (Å²) in [6, 6.07) is 0. The van der Waals surface area contributed by atoms with Crippen molar-refractivity contribution in [3.63, 3.8) is 0 Å². The summed E-state index contributed by atoms with van der Waals surface area (Å²) in [6.45, 7) is 6.85. The Labute approximate surface area is 169 Å². The number of carbonyl (C=O) groups is 1. The number of sulfone groups is 1. The molecule has 8 nitrogen and oxygen atoms in total. The van der Waals surface area contributed by atoms with Gasteiger partial charge in [-0.05, 0) is 63.6 Å². The van der Waals surface area contributed by atoms with Gasteiger partial charge in [-0.25, -0.2) is 23.2 Å². The van der Waals surface area contributed by atoms with Gasteiger partial charge in [0.1, 0.15) is 16.2 Å². The number of nitrogens with one attached hydrogen (secondary N) is 1. The van der Waals surface area contributed by atoms with Crippen LogP contribution in [-0.2, 0) is 26.5 Å². The fraction of sp³-hybridized carbons (Fsp3) is 0.667. The predicted octanol–water partition coefficient (Wildman–Crippen LogP) is 2.40. The van der Waals surface area contributed by atoms with E-state index < -0.39 is 31.8 Å². The van der Waals surface area contributed by atoms with E-state index in [0.29, 0.717) is 12.1 Å². The van der Waals surface area contributed by atoms with Crippen LogP contribution in [0, 0.1) is 5.92 Å². The van der Waals surface area contributed by atoms with E-state index in [1.165, 1.54) is 0 Å². The number of aliphatic imine (C=N–C) groups is 1. The van der Waals surface area contributed by atoms with Gasteiger partial charge in [0.15, 0.2) is 9.84 Å². The molecule has 152 valence electrons. The van der Waals surface area contributed by atoms with Gasteiger partial charge in [-0.2, -0.15) is 4.99 Å². The van der Waals surface area contributed by atoms with Gasteiger partial charge in [0.2, 0.25) is 5.28 Å². The second-order valence-electron chi connectivity index (χ2n) is 8.98. The Morgan fingerprint density at radius 1 is 1.39 bits per heavy atom. The number of fused-ring (bicyclic) bond motifs is 2. The predicted molar refractivity (Wildman–Crippen MR) is 104 cm³/mol. The standard InChI is InChI=1S/C18H23ClN4O4S/c1-16(2,3)27-15(24)22-13-17(4,11-5-6-11)28(25,26)9-18(23-13)7-10-8-20-14(19)21-12(10)18/h8,11H,5-7,9H2,1-4H3,(H,22,23,24)/t17-,18-/m0/s1. The van der Waals surface area contributed by atoms with Gasteiger partial charge in [0, 0.05) is 12.6 Å². The molecule has 1 aromatic heterocycles. The number of hydrogen-bond donors (Lipinski definition) is 1. The molecule has 1 amide bonds. The highest BCUT2D eigenvalue weighted by atomic mass is 35.5. The van der Waals surface area contributed by atoms with Gasteiger partial charge in [0.25, 0.3) is 0 Å². The van der Waals surface area contributed by atoms with Gasteiger partial charge in [0.05, 0.1) is 17.0 Å². The minimum Gasteiger partial charge on any atom is -0.442 e. The fourth-order valence-corrected chi connectivity index (χ4v) is 6.59. The van der Waals surface area contributed by atoms with Gasteiger partial charge in [-0.1, -0.05) is 0 Å². The first-order valence-corrected chi connectivity index (χ1v) is 11.2. The molecule has 1 aliphatic heterocycles. The van der Waals surface area contributed by atoms with Crippen molar-refractivity contribution in [3.8, 4) is 0 Å². The molecule has 4 rings (SSSR count). The van der Waals surface area contributed by atoms with Crippen LogP contribution >= 0.6 is 11.6 Å². The van der Waals surface area contributed by atoms with Gasteiger partial charge in [-0.15, -0.1) is 0 Å². The molecule has 1 saturated heterocycles. The third-order valence-electron chi connectivity index (χ3n) is 5.64. The number of halogens is 1. The Morgan fingerprint density at radius 3 is 2.68 bits per heavy atom. The average Bonchev–Trinajstić information content (AvgIpc) is 3.36. The largest absolute Gasteiger partial charge is 0.442 e. The van der Waals surface area contributed by atoms with Crippen molar-refractivity contribution in [1.29, 1.82) is 0 Å². The minimum atomic E-state index is -3.63. The van der Waals surface area contributed by atoms with Gasteiger partial charge in [-0.3, -0.25) is 0 Å². The van der Waals surface area contributed by atoms with Crippen molar-refractivity contribution >= 4 is 33.4 Å². The molecule has 10 heteroatoms. The van der Waals surface area contributed by atoms with Crippen molar-refractivity contribution in [2.75, 3.05) is 5.75 Å². The molecule has 1 N–H and O–H groups in total. The molecule has 0 radical (unpaired) electrons.